The molecule has 0 aliphatic carbocycles. The van der Waals surface area contributed by atoms with Crippen molar-refractivity contribution in [2.45, 2.75) is 31.9 Å². The highest BCUT2D eigenvalue weighted by molar-refractivity contribution is 7.09. The number of nitrogens with one attached hydrogen (secondary N) is 2. The normalized spacial score (nSPS) is 15.9. The number of rotatable bonds is 8. The van der Waals surface area contributed by atoms with Crippen LogP contribution in [0.3, 0.4) is 0 Å². The number of carbonyl (C=O) groups excluding carboxylic acids is 3. The molecule has 11 heteroatoms. The van der Waals surface area contributed by atoms with E-state index in [0.29, 0.717) is 24.4 Å². The van der Waals surface area contributed by atoms with Crippen LogP contribution in [0.4, 0.5) is 11.4 Å². The van der Waals surface area contributed by atoms with Crippen molar-refractivity contribution < 1.29 is 19.1 Å². The molecule has 2 aromatic heterocycles. The second kappa shape index (κ2) is 10.6. The number of H-pyrrole nitrogens is 1. The summed E-state index contributed by atoms with van der Waals surface area (Å²) < 4.78 is 9.70. The average molecular weight is 533 g/mol. The first-order chi connectivity index (χ1) is 18.3. The SMILES string of the molecule is Cc1cccc(N(C(=O)c2snc(C(N)=O)c2N)[C@H](C(=O)NC[C@H]2CCCO2)c2c[nH]c3ccccc23)c1. The molecule has 196 valence electrons. The summed E-state index contributed by atoms with van der Waals surface area (Å²) in [5, 5.41) is 3.79. The molecule has 1 saturated heterocycles. The van der Waals surface area contributed by atoms with E-state index < -0.39 is 17.9 Å². The molecule has 0 unspecified atom stereocenters. The van der Waals surface area contributed by atoms with Gasteiger partial charge >= 0.3 is 0 Å². The molecule has 1 aliphatic heterocycles. The maximum atomic E-state index is 14.2. The molecule has 5 rings (SSSR count). The monoisotopic (exact) mass is 532 g/mol. The first-order valence-electron chi connectivity index (χ1n) is 12.3. The van der Waals surface area contributed by atoms with Gasteiger partial charge < -0.3 is 26.5 Å². The van der Waals surface area contributed by atoms with E-state index in [0.717, 1.165) is 40.8 Å². The molecule has 0 saturated carbocycles. The minimum atomic E-state index is -1.07. The van der Waals surface area contributed by atoms with Gasteiger partial charge in [0, 0.05) is 41.5 Å². The van der Waals surface area contributed by atoms with E-state index in [1.165, 1.54) is 4.90 Å². The molecule has 2 atom stereocenters. The third-order valence-electron chi connectivity index (χ3n) is 6.60. The van der Waals surface area contributed by atoms with Crippen molar-refractivity contribution in [3.05, 3.63) is 76.4 Å². The molecule has 2 aromatic carbocycles. The Balaban J connectivity index is 1.65. The van der Waals surface area contributed by atoms with Crippen LogP contribution in [-0.2, 0) is 9.53 Å². The Morgan fingerprint density at radius 3 is 2.76 bits per heavy atom. The van der Waals surface area contributed by atoms with Crippen LogP contribution in [-0.4, -0.2) is 46.3 Å². The van der Waals surface area contributed by atoms with Crippen molar-refractivity contribution in [1.29, 1.82) is 0 Å². The topological polar surface area (TPSA) is 156 Å². The van der Waals surface area contributed by atoms with Crippen LogP contribution in [0.25, 0.3) is 10.9 Å². The molecule has 1 fully saturated rings. The lowest BCUT2D eigenvalue weighted by Gasteiger charge is -2.31. The van der Waals surface area contributed by atoms with Gasteiger partial charge in [-0.05, 0) is 55.1 Å². The number of fused-ring (bicyclic) bond motifs is 1. The number of aromatic amines is 1. The number of primary amides is 1. The van der Waals surface area contributed by atoms with Crippen LogP contribution in [0.5, 0.6) is 0 Å². The molecule has 38 heavy (non-hydrogen) atoms. The molecular formula is C27H28N6O4S. The number of aryl methyl sites for hydroxylation is 1. The van der Waals surface area contributed by atoms with Crippen LogP contribution in [0, 0.1) is 6.92 Å². The van der Waals surface area contributed by atoms with Gasteiger partial charge in [-0.1, -0.05) is 30.3 Å². The quantitative estimate of drug-likeness (QED) is 0.273. The first kappa shape index (κ1) is 25.4. The summed E-state index contributed by atoms with van der Waals surface area (Å²) in [6, 6.07) is 13.8. The summed E-state index contributed by atoms with van der Waals surface area (Å²) in [7, 11) is 0. The Kier molecular flexibility index (Phi) is 7.12. The number of benzene rings is 2. The second-order valence-electron chi connectivity index (χ2n) is 9.22. The molecule has 0 bridgehead atoms. The highest BCUT2D eigenvalue weighted by atomic mass is 32.1. The fourth-order valence-corrected chi connectivity index (χ4v) is 5.48. The zero-order valence-corrected chi connectivity index (χ0v) is 21.6. The van der Waals surface area contributed by atoms with Gasteiger partial charge in [0.2, 0.25) is 5.91 Å². The molecular weight excluding hydrogens is 504 g/mol. The fraction of sp³-hybridized carbons (Fsp3) is 0.259. The highest BCUT2D eigenvalue weighted by Gasteiger charge is 2.37. The molecule has 1 aliphatic rings. The fourth-order valence-electron chi connectivity index (χ4n) is 4.73. The molecule has 10 nitrogen and oxygen atoms in total. The minimum absolute atomic E-state index is 0.0251. The first-order valence-corrected chi connectivity index (χ1v) is 13.0. The van der Waals surface area contributed by atoms with Crippen molar-refractivity contribution in [2.24, 2.45) is 5.73 Å². The Hall–Kier alpha value is -4.22. The summed E-state index contributed by atoms with van der Waals surface area (Å²) in [4.78, 5) is 44.6. The van der Waals surface area contributed by atoms with Crippen LogP contribution in [0.2, 0.25) is 0 Å². The van der Waals surface area contributed by atoms with Gasteiger partial charge in [0.15, 0.2) is 5.69 Å². The molecule has 6 N–H and O–H groups in total. The van der Waals surface area contributed by atoms with Gasteiger partial charge in [0.05, 0.1) is 11.8 Å². The van der Waals surface area contributed by atoms with Crippen LogP contribution < -0.4 is 21.7 Å². The molecule has 4 aromatic rings. The summed E-state index contributed by atoms with van der Waals surface area (Å²) in [6.07, 6.45) is 3.45. The smallest absolute Gasteiger partial charge is 0.273 e. The van der Waals surface area contributed by atoms with E-state index in [9.17, 15) is 14.4 Å². The Morgan fingerprint density at radius 1 is 1.24 bits per heavy atom. The van der Waals surface area contributed by atoms with E-state index in [2.05, 4.69) is 14.7 Å². The van der Waals surface area contributed by atoms with Crippen LogP contribution in [0.15, 0.2) is 54.7 Å². The molecule has 0 spiro atoms. The lowest BCUT2D eigenvalue weighted by atomic mass is 10.0. The van der Waals surface area contributed by atoms with Crippen molar-refractivity contribution in [3.8, 4) is 0 Å². The number of nitrogens with zero attached hydrogens (tertiary/aromatic N) is 2. The minimum Gasteiger partial charge on any atom is -0.395 e. The number of amides is 3. The number of para-hydroxylation sites is 1. The van der Waals surface area contributed by atoms with Gasteiger partial charge in [-0.3, -0.25) is 19.3 Å². The maximum Gasteiger partial charge on any atom is 0.273 e. The second-order valence-corrected chi connectivity index (χ2v) is 10.00. The maximum absolute atomic E-state index is 14.2. The number of nitrogen functional groups attached to an aromatic ring is 1. The van der Waals surface area contributed by atoms with Crippen molar-refractivity contribution >= 4 is 51.5 Å². The van der Waals surface area contributed by atoms with Gasteiger partial charge in [0.1, 0.15) is 10.9 Å². The third kappa shape index (κ3) is 4.85. The molecule has 0 radical (unpaired) electrons. The molecule has 3 amide bonds. The molecule has 3 heterocycles. The largest absolute Gasteiger partial charge is 0.395 e. The number of anilines is 2. The van der Waals surface area contributed by atoms with E-state index in [1.54, 1.807) is 12.3 Å². The Bertz CT molecular complexity index is 1510. The number of nitrogens with two attached hydrogens (primary N) is 2. The van der Waals surface area contributed by atoms with E-state index >= 15 is 0 Å². The lowest BCUT2D eigenvalue weighted by molar-refractivity contribution is -0.123. The van der Waals surface area contributed by atoms with Gasteiger partial charge in [-0.2, -0.15) is 4.37 Å². The number of carbonyl (C=O) groups is 3. The standard InChI is InChI=1S/C27H28N6O4S/c1-15-6-4-7-16(12-15)33(27(36)24-21(28)22(25(29)34)32-38-24)23(26(35)31-13-17-8-5-11-37-17)19-14-30-20-10-3-2-9-18(19)20/h2-4,6-7,9-10,12,14,17,23,30H,5,8,11,13,28H2,1H3,(H2,29,34)(H,31,35)/t17-,23+/m1/s1. The predicted octanol–water partition coefficient (Wildman–Crippen LogP) is 3.30. The number of aromatic nitrogens is 2. The van der Waals surface area contributed by atoms with Crippen molar-refractivity contribution in [2.75, 3.05) is 23.8 Å². The zero-order chi connectivity index (χ0) is 26.8. The summed E-state index contributed by atoms with van der Waals surface area (Å²) in [5.41, 5.74) is 14.1. The number of ether oxygens (including phenoxy) is 1. The average Bonchev–Trinajstić information content (AvgIpc) is 3.65. The van der Waals surface area contributed by atoms with Gasteiger partial charge in [0.25, 0.3) is 11.8 Å². The third-order valence-corrected chi connectivity index (χ3v) is 7.46. The van der Waals surface area contributed by atoms with Crippen LogP contribution >= 0.6 is 11.5 Å². The van der Waals surface area contributed by atoms with Crippen LogP contribution in [0.1, 0.15) is 50.2 Å². The van der Waals surface area contributed by atoms with Gasteiger partial charge in [-0.15, -0.1) is 0 Å². The summed E-state index contributed by atoms with van der Waals surface area (Å²) >= 11 is 0.777. The van der Waals surface area contributed by atoms with Crippen molar-refractivity contribution in [1.82, 2.24) is 14.7 Å². The van der Waals surface area contributed by atoms with E-state index in [1.807, 2.05) is 49.4 Å². The number of hydrogen-bond acceptors (Lipinski definition) is 7. The summed E-state index contributed by atoms with van der Waals surface area (Å²) in [6.45, 7) is 2.88. The van der Waals surface area contributed by atoms with Gasteiger partial charge in [-0.25, -0.2) is 0 Å². The summed E-state index contributed by atoms with van der Waals surface area (Å²) in [5.74, 6) is -1.78. The Morgan fingerprint density at radius 2 is 2.05 bits per heavy atom. The number of hydrogen-bond donors (Lipinski definition) is 4. The van der Waals surface area contributed by atoms with E-state index in [-0.39, 0.29) is 28.3 Å². The predicted molar refractivity (Wildman–Crippen MR) is 146 cm³/mol. The Labute approximate surface area is 223 Å². The zero-order valence-electron chi connectivity index (χ0n) is 20.8. The highest BCUT2D eigenvalue weighted by Crippen LogP contribution is 2.36. The lowest BCUT2D eigenvalue weighted by Crippen LogP contribution is -2.45. The van der Waals surface area contributed by atoms with E-state index in [4.69, 9.17) is 16.2 Å². The van der Waals surface area contributed by atoms with Crippen molar-refractivity contribution in [3.63, 3.8) is 0 Å².